The number of fused-ring (bicyclic) bond motifs is 2. The fraction of sp³-hybridized carbons (Fsp3) is 0.667. The zero-order chi connectivity index (χ0) is 19.4. The molecule has 0 unspecified atom stereocenters. The van der Waals surface area contributed by atoms with Gasteiger partial charge in [-0.05, 0) is 80.8 Å². The van der Waals surface area contributed by atoms with Gasteiger partial charge in [0.05, 0.1) is 0 Å². The summed E-state index contributed by atoms with van der Waals surface area (Å²) in [5.41, 5.74) is 6.77. The zero-order valence-electron chi connectivity index (χ0n) is 17.2. The summed E-state index contributed by atoms with van der Waals surface area (Å²) in [6.45, 7) is 7.27. The fourth-order valence-corrected chi connectivity index (χ4v) is 4.91. The SMILES string of the molecule is CC(C)CN(CCN(C)C)SNC(=O)Nc1c2c(cc3c1CCC3)CCC2. The van der Waals surface area contributed by atoms with Crippen molar-refractivity contribution in [2.75, 3.05) is 39.0 Å². The molecule has 2 aliphatic carbocycles. The summed E-state index contributed by atoms with van der Waals surface area (Å²) in [6.07, 6.45) is 6.90. The van der Waals surface area contributed by atoms with Crippen molar-refractivity contribution in [1.82, 2.24) is 13.9 Å². The molecule has 2 amide bonds. The maximum atomic E-state index is 12.7. The van der Waals surface area contributed by atoms with Crippen LogP contribution in [0.4, 0.5) is 10.5 Å². The lowest BCUT2D eigenvalue weighted by molar-refractivity contribution is 0.256. The van der Waals surface area contributed by atoms with Crippen molar-refractivity contribution in [2.24, 2.45) is 5.92 Å². The van der Waals surface area contributed by atoms with Gasteiger partial charge in [0.15, 0.2) is 0 Å². The van der Waals surface area contributed by atoms with Crippen LogP contribution in [0.1, 0.15) is 48.9 Å². The third-order valence-corrected chi connectivity index (χ3v) is 6.21. The number of amides is 2. The number of rotatable bonds is 8. The van der Waals surface area contributed by atoms with Gasteiger partial charge in [-0.25, -0.2) is 9.10 Å². The van der Waals surface area contributed by atoms with Gasteiger partial charge in [-0.3, -0.25) is 4.72 Å². The van der Waals surface area contributed by atoms with E-state index in [1.165, 1.54) is 47.2 Å². The highest BCUT2D eigenvalue weighted by atomic mass is 32.2. The number of nitrogens with zero attached hydrogens (tertiary/aromatic N) is 2. The molecule has 0 spiro atoms. The molecule has 0 aromatic heterocycles. The van der Waals surface area contributed by atoms with E-state index in [1.807, 2.05) is 0 Å². The summed E-state index contributed by atoms with van der Waals surface area (Å²) >= 11 is 1.43. The summed E-state index contributed by atoms with van der Waals surface area (Å²) in [5, 5.41) is 3.21. The smallest absolute Gasteiger partial charge is 0.308 e. The number of hydrogen-bond donors (Lipinski definition) is 2. The maximum Gasteiger partial charge on any atom is 0.330 e. The molecular formula is C21H34N4OS. The lowest BCUT2D eigenvalue weighted by Gasteiger charge is -2.24. The van der Waals surface area contributed by atoms with Gasteiger partial charge in [0.25, 0.3) is 0 Å². The van der Waals surface area contributed by atoms with Gasteiger partial charge < -0.3 is 10.2 Å². The summed E-state index contributed by atoms with van der Waals surface area (Å²) in [5.74, 6) is 0.560. The van der Waals surface area contributed by atoms with Gasteiger partial charge in [0, 0.05) is 37.5 Å². The number of aryl methyl sites for hydroxylation is 2. The van der Waals surface area contributed by atoms with E-state index >= 15 is 0 Å². The molecule has 3 rings (SSSR count). The predicted molar refractivity (Wildman–Crippen MR) is 115 cm³/mol. The number of carbonyl (C=O) groups is 1. The van der Waals surface area contributed by atoms with Crippen LogP contribution in [0.2, 0.25) is 0 Å². The first kappa shape index (κ1) is 20.5. The summed E-state index contributed by atoms with van der Waals surface area (Å²) < 4.78 is 5.26. The number of anilines is 1. The molecule has 0 heterocycles. The van der Waals surface area contributed by atoms with Crippen molar-refractivity contribution >= 4 is 23.9 Å². The first-order valence-corrected chi connectivity index (χ1v) is 11.0. The number of likely N-dealkylation sites (N-methyl/N-ethyl adjacent to an activating group) is 1. The molecule has 1 aromatic carbocycles. The average molecular weight is 391 g/mol. The molecule has 0 saturated carbocycles. The van der Waals surface area contributed by atoms with E-state index in [4.69, 9.17) is 0 Å². The number of hydrogen-bond acceptors (Lipinski definition) is 4. The van der Waals surface area contributed by atoms with Crippen LogP contribution in [-0.4, -0.2) is 49.0 Å². The summed E-state index contributed by atoms with van der Waals surface area (Å²) in [4.78, 5) is 14.8. The molecule has 0 fully saturated rings. The fourth-order valence-electron chi connectivity index (χ4n) is 4.11. The lowest BCUT2D eigenvalue weighted by atomic mass is 9.99. The minimum atomic E-state index is -0.104. The Kier molecular flexibility index (Phi) is 7.06. The van der Waals surface area contributed by atoms with E-state index in [9.17, 15) is 4.79 Å². The predicted octanol–water partition coefficient (Wildman–Crippen LogP) is 3.87. The summed E-state index contributed by atoms with van der Waals surface area (Å²) in [7, 11) is 4.16. The Morgan fingerprint density at radius 2 is 1.70 bits per heavy atom. The van der Waals surface area contributed by atoms with Gasteiger partial charge in [-0.1, -0.05) is 19.9 Å². The normalized spacial score (nSPS) is 15.5. The molecule has 2 aliphatic rings. The van der Waals surface area contributed by atoms with Crippen LogP contribution in [0.15, 0.2) is 6.07 Å². The van der Waals surface area contributed by atoms with Crippen LogP contribution >= 0.6 is 12.1 Å². The topological polar surface area (TPSA) is 47.6 Å². The van der Waals surface area contributed by atoms with Crippen molar-refractivity contribution in [1.29, 1.82) is 0 Å². The quantitative estimate of drug-likeness (QED) is 0.662. The molecule has 150 valence electrons. The lowest BCUT2D eigenvalue weighted by Crippen LogP contribution is -2.34. The van der Waals surface area contributed by atoms with Crippen molar-refractivity contribution in [3.63, 3.8) is 0 Å². The molecule has 0 aliphatic heterocycles. The van der Waals surface area contributed by atoms with Crippen LogP contribution in [0.25, 0.3) is 0 Å². The van der Waals surface area contributed by atoms with Gasteiger partial charge in [0.2, 0.25) is 0 Å². The maximum absolute atomic E-state index is 12.7. The largest absolute Gasteiger partial charge is 0.330 e. The highest BCUT2D eigenvalue weighted by Crippen LogP contribution is 2.38. The number of nitrogens with one attached hydrogen (secondary N) is 2. The van der Waals surface area contributed by atoms with E-state index in [1.54, 1.807) is 0 Å². The zero-order valence-corrected chi connectivity index (χ0v) is 18.0. The number of benzene rings is 1. The van der Waals surface area contributed by atoms with Gasteiger partial charge >= 0.3 is 6.03 Å². The first-order chi connectivity index (χ1) is 12.9. The van der Waals surface area contributed by atoms with Crippen LogP contribution in [-0.2, 0) is 25.7 Å². The van der Waals surface area contributed by atoms with Crippen LogP contribution in [0.3, 0.4) is 0 Å². The first-order valence-electron chi connectivity index (χ1n) is 10.2. The molecular weight excluding hydrogens is 356 g/mol. The Bertz CT molecular complexity index is 642. The van der Waals surface area contributed by atoms with E-state index in [0.717, 1.165) is 51.0 Å². The molecule has 0 radical (unpaired) electrons. The molecule has 5 nitrogen and oxygen atoms in total. The number of carbonyl (C=O) groups excluding carboxylic acids is 1. The van der Waals surface area contributed by atoms with Crippen molar-refractivity contribution < 1.29 is 4.79 Å². The van der Waals surface area contributed by atoms with E-state index in [-0.39, 0.29) is 6.03 Å². The Labute approximate surface area is 168 Å². The third-order valence-electron chi connectivity index (χ3n) is 5.34. The second kappa shape index (κ2) is 9.30. The minimum Gasteiger partial charge on any atom is -0.308 e. The Hall–Kier alpha value is -1.24. The van der Waals surface area contributed by atoms with E-state index < -0.39 is 0 Å². The second-order valence-corrected chi connectivity index (χ2v) is 9.37. The highest BCUT2D eigenvalue weighted by molar-refractivity contribution is 7.95. The third kappa shape index (κ3) is 5.39. The Morgan fingerprint density at radius 3 is 2.26 bits per heavy atom. The van der Waals surface area contributed by atoms with Gasteiger partial charge in [-0.2, -0.15) is 0 Å². The second-order valence-electron chi connectivity index (χ2n) is 8.47. The van der Waals surface area contributed by atoms with E-state index in [2.05, 4.69) is 53.3 Å². The van der Waals surface area contributed by atoms with Gasteiger partial charge in [-0.15, -0.1) is 0 Å². The monoisotopic (exact) mass is 390 g/mol. The minimum absolute atomic E-state index is 0.104. The van der Waals surface area contributed by atoms with E-state index in [0.29, 0.717) is 5.92 Å². The molecule has 1 aromatic rings. The van der Waals surface area contributed by atoms with Crippen molar-refractivity contribution in [2.45, 2.75) is 52.4 Å². The average Bonchev–Trinajstić information content (AvgIpc) is 3.25. The Balaban J connectivity index is 1.62. The highest BCUT2D eigenvalue weighted by Gasteiger charge is 2.25. The molecule has 0 atom stereocenters. The van der Waals surface area contributed by atoms with Gasteiger partial charge in [0.1, 0.15) is 0 Å². The van der Waals surface area contributed by atoms with Crippen molar-refractivity contribution in [3.05, 3.63) is 28.3 Å². The Morgan fingerprint density at radius 1 is 1.07 bits per heavy atom. The number of urea groups is 1. The summed E-state index contributed by atoms with van der Waals surface area (Å²) in [6, 6.07) is 2.29. The molecule has 0 saturated heterocycles. The van der Waals surface area contributed by atoms with Crippen LogP contribution < -0.4 is 10.0 Å². The standard InChI is InChI=1S/C21H34N4OS/c1-15(2)14-25(12-11-24(3)4)27-23-21(26)22-20-18-9-5-7-16(18)13-17-8-6-10-19(17)20/h13,15H,5-12,14H2,1-4H3,(H2,22,23,26). The molecule has 27 heavy (non-hydrogen) atoms. The molecule has 2 N–H and O–H groups in total. The molecule has 6 heteroatoms. The van der Waals surface area contributed by atoms with Crippen molar-refractivity contribution in [3.8, 4) is 0 Å². The van der Waals surface area contributed by atoms with Crippen LogP contribution in [0, 0.1) is 5.92 Å². The molecule has 0 bridgehead atoms. The van der Waals surface area contributed by atoms with Crippen LogP contribution in [0.5, 0.6) is 0 Å².